The molecule has 0 bridgehead atoms. The minimum atomic E-state index is -0.0985. The number of anilines is 1. The van der Waals surface area contributed by atoms with Gasteiger partial charge in [0.2, 0.25) is 11.8 Å². The van der Waals surface area contributed by atoms with Crippen LogP contribution in [0.1, 0.15) is 30.7 Å². The molecule has 1 atom stereocenters. The Morgan fingerprint density at radius 1 is 1.24 bits per heavy atom. The quantitative estimate of drug-likeness (QED) is 0.926. The molecule has 6 heteroatoms. The average molecular weight is 338 g/mol. The highest BCUT2D eigenvalue weighted by Crippen LogP contribution is 2.26. The first-order valence-corrected chi connectivity index (χ1v) is 8.88. The molecule has 2 aliphatic heterocycles. The molecule has 0 aliphatic carbocycles. The van der Waals surface area contributed by atoms with Crippen LogP contribution in [0.4, 0.5) is 5.69 Å². The molecule has 0 radical (unpaired) electrons. The molecular weight excluding hydrogens is 316 g/mol. The van der Waals surface area contributed by atoms with Gasteiger partial charge in [0.25, 0.3) is 0 Å². The minimum Gasteiger partial charge on any atom is -0.350 e. The van der Waals surface area contributed by atoms with Crippen LogP contribution in [0, 0.1) is 0 Å². The standard InChI is InChI=1S/C19H22N4O2/c24-18(21-15-8-9-17-20-10-11-22(17)12-15)13-23-16-6-2-1-4-14(16)5-3-7-19(23)25/h1-2,4,6,10-11,15H,3,5,7-9,12-13H2,(H,21,24)/t15-/m0/s1. The van der Waals surface area contributed by atoms with E-state index in [1.807, 2.05) is 30.5 Å². The largest absolute Gasteiger partial charge is 0.350 e. The van der Waals surface area contributed by atoms with Gasteiger partial charge in [-0.25, -0.2) is 4.98 Å². The minimum absolute atomic E-state index is 0.0284. The summed E-state index contributed by atoms with van der Waals surface area (Å²) in [6, 6.07) is 7.97. The first-order valence-electron chi connectivity index (χ1n) is 8.88. The van der Waals surface area contributed by atoms with Crippen LogP contribution in [0.5, 0.6) is 0 Å². The second-order valence-corrected chi connectivity index (χ2v) is 6.76. The average Bonchev–Trinajstić information content (AvgIpc) is 3.02. The number of aromatic nitrogens is 2. The van der Waals surface area contributed by atoms with E-state index >= 15 is 0 Å². The maximum Gasteiger partial charge on any atom is 0.240 e. The molecule has 2 aliphatic rings. The first-order chi connectivity index (χ1) is 12.2. The van der Waals surface area contributed by atoms with Gasteiger partial charge in [-0.3, -0.25) is 9.59 Å². The highest BCUT2D eigenvalue weighted by Gasteiger charge is 2.26. The Morgan fingerprint density at radius 3 is 3.04 bits per heavy atom. The van der Waals surface area contributed by atoms with Crippen molar-refractivity contribution in [3.05, 3.63) is 48.0 Å². The Kier molecular flexibility index (Phi) is 4.26. The summed E-state index contributed by atoms with van der Waals surface area (Å²) >= 11 is 0. The number of imidazole rings is 1. The molecule has 1 aromatic carbocycles. The number of para-hydroxylation sites is 1. The molecule has 1 aromatic heterocycles. The van der Waals surface area contributed by atoms with E-state index in [0.29, 0.717) is 6.42 Å². The number of aryl methyl sites for hydroxylation is 2. The first kappa shape index (κ1) is 15.9. The van der Waals surface area contributed by atoms with Gasteiger partial charge in [-0.15, -0.1) is 0 Å². The smallest absolute Gasteiger partial charge is 0.240 e. The lowest BCUT2D eigenvalue weighted by Gasteiger charge is -2.27. The van der Waals surface area contributed by atoms with Gasteiger partial charge in [0.1, 0.15) is 12.4 Å². The van der Waals surface area contributed by atoms with Gasteiger partial charge in [-0.05, 0) is 30.9 Å². The lowest BCUT2D eigenvalue weighted by Crippen LogP contribution is -2.46. The number of nitrogens with zero attached hydrogens (tertiary/aromatic N) is 3. The number of fused-ring (bicyclic) bond motifs is 2. The summed E-state index contributed by atoms with van der Waals surface area (Å²) in [5.74, 6) is 1.00. The van der Waals surface area contributed by atoms with Gasteiger partial charge < -0.3 is 14.8 Å². The van der Waals surface area contributed by atoms with E-state index in [4.69, 9.17) is 0 Å². The Morgan fingerprint density at radius 2 is 2.12 bits per heavy atom. The third kappa shape index (κ3) is 3.29. The number of benzene rings is 1. The third-order valence-electron chi connectivity index (χ3n) is 5.02. The molecule has 25 heavy (non-hydrogen) atoms. The van der Waals surface area contributed by atoms with E-state index in [9.17, 15) is 9.59 Å². The van der Waals surface area contributed by atoms with Crippen molar-refractivity contribution in [1.82, 2.24) is 14.9 Å². The Balaban J connectivity index is 1.44. The fourth-order valence-corrected chi connectivity index (χ4v) is 3.76. The van der Waals surface area contributed by atoms with Gasteiger partial charge >= 0.3 is 0 Å². The lowest BCUT2D eigenvalue weighted by atomic mass is 10.1. The molecule has 0 saturated heterocycles. The van der Waals surface area contributed by atoms with E-state index in [2.05, 4.69) is 14.9 Å². The summed E-state index contributed by atoms with van der Waals surface area (Å²) in [6.45, 7) is 0.828. The van der Waals surface area contributed by atoms with Crippen LogP contribution in [0.15, 0.2) is 36.7 Å². The molecule has 0 unspecified atom stereocenters. The maximum atomic E-state index is 12.6. The van der Waals surface area contributed by atoms with Crippen LogP contribution in [0.3, 0.4) is 0 Å². The molecule has 3 heterocycles. The highest BCUT2D eigenvalue weighted by atomic mass is 16.2. The lowest BCUT2D eigenvalue weighted by molar-refractivity contribution is -0.124. The highest BCUT2D eigenvalue weighted by molar-refractivity contribution is 5.99. The van der Waals surface area contributed by atoms with Gasteiger partial charge in [0.15, 0.2) is 0 Å². The number of hydrogen-bond donors (Lipinski definition) is 1. The number of amides is 2. The second-order valence-electron chi connectivity index (χ2n) is 6.76. The fourth-order valence-electron chi connectivity index (χ4n) is 3.76. The van der Waals surface area contributed by atoms with E-state index in [-0.39, 0.29) is 24.4 Å². The van der Waals surface area contributed by atoms with Crippen molar-refractivity contribution in [1.29, 1.82) is 0 Å². The van der Waals surface area contributed by atoms with E-state index in [1.165, 1.54) is 0 Å². The van der Waals surface area contributed by atoms with E-state index < -0.39 is 0 Å². The predicted octanol–water partition coefficient (Wildman–Crippen LogP) is 1.68. The predicted molar refractivity (Wildman–Crippen MR) is 94.2 cm³/mol. The fraction of sp³-hybridized carbons (Fsp3) is 0.421. The molecule has 130 valence electrons. The zero-order valence-corrected chi connectivity index (χ0v) is 14.1. The summed E-state index contributed by atoms with van der Waals surface area (Å²) in [4.78, 5) is 31.0. The normalized spacial score (nSPS) is 19.8. The molecule has 6 nitrogen and oxygen atoms in total. The number of carbonyl (C=O) groups is 2. The van der Waals surface area contributed by atoms with Crippen LogP contribution in [-0.4, -0.2) is 34.0 Å². The van der Waals surface area contributed by atoms with Gasteiger partial charge in [-0.1, -0.05) is 18.2 Å². The summed E-state index contributed by atoms with van der Waals surface area (Å²) < 4.78 is 2.08. The van der Waals surface area contributed by atoms with Crippen molar-refractivity contribution in [2.75, 3.05) is 11.4 Å². The number of carbonyl (C=O) groups excluding carboxylic acids is 2. The van der Waals surface area contributed by atoms with Gasteiger partial charge in [-0.2, -0.15) is 0 Å². The van der Waals surface area contributed by atoms with Crippen LogP contribution >= 0.6 is 0 Å². The third-order valence-corrected chi connectivity index (χ3v) is 5.02. The van der Waals surface area contributed by atoms with Crippen molar-refractivity contribution in [3.8, 4) is 0 Å². The van der Waals surface area contributed by atoms with Crippen LogP contribution in [-0.2, 0) is 29.0 Å². The zero-order valence-electron chi connectivity index (χ0n) is 14.1. The summed E-state index contributed by atoms with van der Waals surface area (Å²) in [5.41, 5.74) is 2.02. The van der Waals surface area contributed by atoms with Crippen LogP contribution in [0.2, 0.25) is 0 Å². The van der Waals surface area contributed by atoms with Crippen molar-refractivity contribution < 1.29 is 9.59 Å². The Hall–Kier alpha value is -2.63. The molecule has 1 N–H and O–H groups in total. The number of nitrogens with one attached hydrogen (secondary N) is 1. The Labute approximate surface area is 146 Å². The molecular formula is C19H22N4O2. The monoisotopic (exact) mass is 338 g/mol. The molecule has 0 fully saturated rings. The molecule has 4 rings (SSSR count). The zero-order chi connectivity index (χ0) is 17.2. The Bertz CT molecular complexity index is 798. The number of hydrogen-bond acceptors (Lipinski definition) is 3. The van der Waals surface area contributed by atoms with Crippen LogP contribution in [0.25, 0.3) is 0 Å². The summed E-state index contributed by atoms with van der Waals surface area (Å²) in [5, 5.41) is 3.09. The van der Waals surface area contributed by atoms with E-state index in [0.717, 1.165) is 49.3 Å². The van der Waals surface area contributed by atoms with Crippen molar-refractivity contribution in [3.63, 3.8) is 0 Å². The van der Waals surface area contributed by atoms with Crippen LogP contribution < -0.4 is 10.2 Å². The molecule has 2 amide bonds. The summed E-state index contributed by atoms with van der Waals surface area (Å²) in [7, 11) is 0. The molecule has 2 aromatic rings. The molecule has 0 spiro atoms. The molecule has 0 saturated carbocycles. The van der Waals surface area contributed by atoms with E-state index in [1.54, 1.807) is 11.1 Å². The SMILES string of the molecule is O=C(CN1C(=O)CCCc2ccccc21)N[C@H]1CCc2nccn2C1. The second kappa shape index (κ2) is 6.70. The topological polar surface area (TPSA) is 67.2 Å². The van der Waals surface area contributed by atoms with Gasteiger partial charge in [0, 0.05) is 43.5 Å². The summed E-state index contributed by atoms with van der Waals surface area (Å²) in [6.07, 6.45) is 7.70. The van der Waals surface area contributed by atoms with Gasteiger partial charge in [0.05, 0.1) is 0 Å². The van der Waals surface area contributed by atoms with Crippen molar-refractivity contribution in [2.45, 2.75) is 44.7 Å². The van der Waals surface area contributed by atoms with Crippen molar-refractivity contribution in [2.24, 2.45) is 0 Å². The number of rotatable bonds is 3. The maximum absolute atomic E-state index is 12.6. The van der Waals surface area contributed by atoms with Crippen molar-refractivity contribution >= 4 is 17.5 Å².